The van der Waals surface area contributed by atoms with E-state index in [0.717, 1.165) is 4.90 Å². The highest BCUT2D eigenvalue weighted by atomic mass is 19.3. The molecule has 0 bridgehead atoms. The molecule has 2 aromatic carbocycles. The Morgan fingerprint density at radius 1 is 1.00 bits per heavy atom. The Morgan fingerprint density at radius 3 is 2.21 bits per heavy atom. The summed E-state index contributed by atoms with van der Waals surface area (Å²) in [5, 5.41) is 10.6. The molecule has 4 rings (SSSR count). The number of methoxy groups -OCH3 is 1. The summed E-state index contributed by atoms with van der Waals surface area (Å²) in [6.45, 7) is -6.14. The molecule has 2 aliphatic rings. The van der Waals surface area contributed by atoms with Gasteiger partial charge in [0.15, 0.2) is 23.0 Å². The predicted octanol–water partition coefficient (Wildman–Crippen LogP) is 4.78. The maximum atomic E-state index is 13.0. The van der Waals surface area contributed by atoms with Gasteiger partial charge in [0.05, 0.1) is 18.7 Å². The van der Waals surface area contributed by atoms with E-state index < -0.39 is 36.7 Å². The van der Waals surface area contributed by atoms with Gasteiger partial charge in [-0.2, -0.15) is 17.6 Å². The zero-order valence-corrected chi connectivity index (χ0v) is 17.7. The number of aliphatic hydroxyl groups is 1. The smallest absolute Gasteiger partial charge is 0.387 e. The first-order valence-electron chi connectivity index (χ1n) is 10.2. The van der Waals surface area contributed by atoms with Crippen LogP contribution in [0.3, 0.4) is 0 Å². The SMILES string of the molecule is COc1cc([C@H]2C(C(=O)C3CC3)=C(O)C(=O)N2c2ccc(OC(F)F)cc2)ccc1OC(F)F. The number of carbonyl (C=O) groups excluding carboxylic acids is 2. The van der Waals surface area contributed by atoms with Crippen molar-refractivity contribution in [2.45, 2.75) is 32.1 Å². The van der Waals surface area contributed by atoms with Crippen molar-refractivity contribution >= 4 is 17.4 Å². The van der Waals surface area contributed by atoms with E-state index in [1.807, 2.05) is 0 Å². The summed E-state index contributed by atoms with van der Waals surface area (Å²) in [5.74, 6) is -2.82. The Hall–Kier alpha value is -3.76. The topological polar surface area (TPSA) is 85.3 Å². The summed E-state index contributed by atoms with van der Waals surface area (Å²) in [5.41, 5.74) is 0.339. The van der Waals surface area contributed by atoms with Crippen LogP contribution in [0.25, 0.3) is 0 Å². The van der Waals surface area contributed by atoms with Crippen molar-refractivity contribution in [3.05, 3.63) is 59.4 Å². The molecule has 1 amide bonds. The minimum absolute atomic E-state index is 0.0736. The molecule has 34 heavy (non-hydrogen) atoms. The molecular formula is C23H19F4NO6. The second-order valence-electron chi connectivity index (χ2n) is 7.64. The van der Waals surface area contributed by atoms with E-state index in [1.54, 1.807) is 0 Å². The lowest BCUT2D eigenvalue weighted by molar-refractivity contribution is -0.118. The largest absolute Gasteiger partial charge is 0.503 e. The highest BCUT2D eigenvalue weighted by Crippen LogP contribution is 2.46. The van der Waals surface area contributed by atoms with Crippen LogP contribution in [0, 0.1) is 5.92 Å². The summed E-state index contributed by atoms with van der Waals surface area (Å²) in [7, 11) is 1.24. The fourth-order valence-electron chi connectivity index (χ4n) is 3.84. The predicted molar refractivity (Wildman–Crippen MR) is 110 cm³/mol. The number of ketones is 1. The van der Waals surface area contributed by atoms with Gasteiger partial charge in [-0.05, 0) is 54.8 Å². The van der Waals surface area contributed by atoms with Crippen molar-refractivity contribution in [3.8, 4) is 17.2 Å². The molecule has 1 fully saturated rings. The van der Waals surface area contributed by atoms with Crippen LogP contribution in [-0.4, -0.2) is 37.1 Å². The van der Waals surface area contributed by atoms with Gasteiger partial charge >= 0.3 is 13.2 Å². The lowest BCUT2D eigenvalue weighted by Crippen LogP contribution is -2.31. The first kappa shape index (κ1) is 23.4. The lowest BCUT2D eigenvalue weighted by atomic mass is 9.93. The Kier molecular flexibility index (Phi) is 6.36. The second kappa shape index (κ2) is 9.24. The first-order valence-corrected chi connectivity index (χ1v) is 10.2. The number of amides is 1. The monoisotopic (exact) mass is 481 g/mol. The Morgan fingerprint density at radius 2 is 1.65 bits per heavy atom. The van der Waals surface area contributed by atoms with Crippen LogP contribution in [0.2, 0.25) is 0 Å². The van der Waals surface area contributed by atoms with Gasteiger partial charge in [0.2, 0.25) is 0 Å². The van der Waals surface area contributed by atoms with Crippen LogP contribution in [0.4, 0.5) is 23.2 Å². The number of rotatable bonds is 9. The van der Waals surface area contributed by atoms with Crippen molar-refractivity contribution in [2.24, 2.45) is 5.92 Å². The number of hydrogen-bond donors (Lipinski definition) is 1. The lowest BCUT2D eigenvalue weighted by Gasteiger charge is -2.27. The van der Waals surface area contributed by atoms with Gasteiger partial charge in [-0.25, -0.2) is 0 Å². The fraction of sp³-hybridized carbons (Fsp3) is 0.304. The van der Waals surface area contributed by atoms with Gasteiger partial charge in [-0.1, -0.05) is 6.07 Å². The third-order valence-corrected chi connectivity index (χ3v) is 5.48. The maximum absolute atomic E-state index is 13.0. The van der Waals surface area contributed by atoms with Gasteiger partial charge in [0, 0.05) is 11.6 Å². The quantitative estimate of drug-likeness (QED) is 0.519. The van der Waals surface area contributed by atoms with E-state index in [9.17, 15) is 32.3 Å². The molecule has 1 aliphatic carbocycles. The summed E-state index contributed by atoms with van der Waals surface area (Å²) in [4.78, 5) is 27.2. The third-order valence-electron chi connectivity index (χ3n) is 5.48. The molecule has 180 valence electrons. The number of benzene rings is 2. The number of alkyl halides is 4. The summed E-state index contributed by atoms with van der Waals surface area (Å²) in [6, 6.07) is 7.87. The summed E-state index contributed by atoms with van der Waals surface area (Å²) >= 11 is 0. The van der Waals surface area contributed by atoms with Gasteiger partial charge in [-0.15, -0.1) is 0 Å². The summed E-state index contributed by atoms with van der Waals surface area (Å²) in [6.07, 6.45) is 1.22. The molecule has 0 aromatic heterocycles. The first-order chi connectivity index (χ1) is 16.2. The van der Waals surface area contributed by atoms with E-state index in [2.05, 4.69) is 9.47 Å². The number of aliphatic hydroxyl groups excluding tert-OH is 1. The second-order valence-corrected chi connectivity index (χ2v) is 7.64. The highest BCUT2D eigenvalue weighted by Gasteiger charge is 2.47. The van der Waals surface area contributed by atoms with Crippen LogP contribution in [-0.2, 0) is 9.59 Å². The molecule has 0 saturated heterocycles. The zero-order valence-electron chi connectivity index (χ0n) is 17.7. The van der Waals surface area contributed by atoms with Crippen LogP contribution >= 0.6 is 0 Å². The number of ether oxygens (including phenoxy) is 3. The number of carbonyl (C=O) groups is 2. The highest BCUT2D eigenvalue weighted by molar-refractivity contribution is 6.17. The maximum Gasteiger partial charge on any atom is 0.387 e. The molecule has 2 aromatic rings. The van der Waals surface area contributed by atoms with Crippen molar-refractivity contribution in [3.63, 3.8) is 0 Å². The van der Waals surface area contributed by atoms with Gasteiger partial charge < -0.3 is 19.3 Å². The normalized spacial score (nSPS) is 18.1. The molecular weight excluding hydrogens is 462 g/mol. The average molecular weight is 481 g/mol. The van der Waals surface area contributed by atoms with E-state index >= 15 is 0 Å². The average Bonchev–Trinajstić information content (AvgIpc) is 3.60. The molecule has 11 heteroatoms. The van der Waals surface area contributed by atoms with E-state index in [4.69, 9.17) is 4.74 Å². The van der Waals surface area contributed by atoms with Crippen LogP contribution < -0.4 is 19.1 Å². The fourth-order valence-corrected chi connectivity index (χ4v) is 3.84. The Bertz CT molecular complexity index is 1130. The van der Waals surface area contributed by atoms with Crippen molar-refractivity contribution in [1.29, 1.82) is 0 Å². The molecule has 0 unspecified atom stereocenters. The molecule has 7 nitrogen and oxygen atoms in total. The zero-order chi connectivity index (χ0) is 24.6. The number of halogens is 4. The minimum atomic E-state index is -3.10. The number of hydrogen-bond acceptors (Lipinski definition) is 6. The van der Waals surface area contributed by atoms with Crippen LogP contribution in [0.1, 0.15) is 24.4 Å². The number of nitrogens with zero attached hydrogens (tertiary/aromatic N) is 1. The minimum Gasteiger partial charge on any atom is -0.503 e. The van der Waals surface area contributed by atoms with Gasteiger partial charge in [0.25, 0.3) is 5.91 Å². The van der Waals surface area contributed by atoms with E-state index in [-0.39, 0.29) is 40.0 Å². The summed E-state index contributed by atoms with van der Waals surface area (Å²) < 4.78 is 64.3. The van der Waals surface area contributed by atoms with Gasteiger partial charge in [-0.3, -0.25) is 14.5 Å². The van der Waals surface area contributed by atoms with Gasteiger partial charge in [0.1, 0.15) is 5.75 Å². The molecule has 1 aliphatic heterocycles. The number of Topliss-reactive ketones (excluding diaryl/α,β-unsaturated/α-hetero) is 1. The van der Waals surface area contributed by atoms with Crippen molar-refractivity contribution < 1.29 is 46.5 Å². The molecule has 1 heterocycles. The van der Waals surface area contributed by atoms with Crippen molar-refractivity contribution in [2.75, 3.05) is 12.0 Å². The van der Waals surface area contributed by atoms with E-state index in [1.165, 1.54) is 49.6 Å². The Balaban J connectivity index is 1.78. The Labute approximate surface area is 191 Å². The molecule has 1 saturated carbocycles. The van der Waals surface area contributed by atoms with E-state index in [0.29, 0.717) is 12.8 Å². The van der Waals surface area contributed by atoms with Crippen LogP contribution in [0.15, 0.2) is 53.8 Å². The third kappa shape index (κ3) is 4.50. The molecule has 1 N–H and O–H groups in total. The molecule has 0 radical (unpaired) electrons. The van der Waals surface area contributed by atoms with Crippen molar-refractivity contribution in [1.82, 2.24) is 0 Å². The van der Waals surface area contributed by atoms with Crippen LogP contribution in [0.5, 0.6) is 17.2 Å². The standard InChI is InChI=1S/C23H19F4NO6/c1-32-16-10-12(4-9-15(16)34-23(26)27)18-17(19(29)11-2-3-11)20(30)21(31)28(18)13-5-7-14(8-6-13)33-22(24)25/h4-11,18,22-23,30H,2-3H2,1H3/t18-/m0/s1. The molecule has 1 atom stereocenters. The number of anilines is 1. The molecule has 0 spiro atoms.